The Labute approximate surface area is 157 Å². The van der Waals surface area contributed by atoms with Crippen molar-refractivity contribution in [2.75, 3.05) is 0 Å². The Balaban J connectivity index is 1.79. The monoisotopic (exact) mass is 362 g/mol. The molecular weight excluding hydrogens is 328 g/mol. The van der Waals surface area contributed by atoms with Crippen LogP contribution < -0.4 is 0 Å². The van der Waals surface area contributed by atoms with Gasteiger partial charge in [0.2, 0.25) is 0 Å². The standard InChI is InChI=1S/C22H34O4/c23-20(18-9-5-1-2-6-10-18)15-13-17-14-16-21(24)19(17)11-7-3-4-8-12-22(25)26/h3-4,13,15,17-20,23H,1-2,5-12,14,16H2,(H,25,26)/b4-3?,15-13+/t17-,19-,20?/m0/s1. The molecule has 2 saturated carbocycles. The summed E-state index contributed by atoms with van der Waals surface area (Å²) in [5, 5.41) is 19.1. The number of Topliss-reactive ketones (excluding diaryl/α,β-unsaturated/α-hetero) is 1. The summed E-state index contributed by atoms with van der Waals surface area (Å²) < 4.78 is 0. The molecule has 26 heavy (non-hydrogen) atoms. The highest BCUT2D eigenvalue weighted by Gasteiger charge is 2.32. The average Bonchev–Trinajstić information content (AvgIpc) is 2.81. The van der Waals surface area contributed by atoms with Crippen LogP contribution >= 0.6 is 0 Å². The normalized spacial score (nSPS) is 26.6. The second-order valence-electron chi connectivity index (χ2n) is 7.88. The van der Waals surface area contributed by atoms with Crippen molar-refractivity contribution in [2.24, 2.45) is 17.8 Å². The first-order valence-electron chi connectivity index (χ1n) is 10.3. The van der Waals surface area contributed by atoms with E-state index in [1.54, 1.807) is 0 Å². The molecule has 0 aromatic carbocycles. The third-order valence-corrected chi connectivity index (χ3v) is 5.93. The molecule has 2 aliphatic carbocycles. The first-order chi connectivity index (χ1) is 12.6. The summed E-state index contributed by atoms with van der Waals surface area (Å²) in [4.78, 5) is 22.7. The van der Waals surface area contributed by atoms with Gasteiger partial charge in [-0.15, -0.1) is 0 Å². The first-order valence-corrected chi connectivity index (χ1v) is 10.3. The van der Waals surface area contributed by atoms with E-state index in [0.29, 0.717) is 24.5 Å². The lowest BCUT2D eigenvalue weighted by atomic mass is 9.88. The molecule has 0 saturated heterocycles. The topological polar surface area (TPSA) is 74.6 Å². The van der Waals surface area contributed by atoms with Crippen molar-refractivity contribution in [1.82, 2.24) is 0 Å². The van der Waals surface area contributed by atoms with Gasteiger partial charge in [0.25, 0.3) is 0 Å². The molecule has 2 N–H and O–H groups in total. The van der Waals surface area contributed by atoms with Crippen LogP contribution in [0.25, 0.3) is 0 Å². The minimum absolute atomic E-state index is 0.0525. The van der Waals surface area contributed by atoms with Crippen molar-refractivity contribution < 1.29 is 19.8 Å². The number of carbonyl (C=O) groups is 2. The van der Waals surface area contributed by atoms with Gasteiger partial charge >= 0.3 is 5.97 Å². The number of carboxylic acids is 1. The fourth-order valence-electron chi connectivity index (χ4n) is 4.32. The smallest absolute Gasteiger partial charge is 0.303 e. The summed E-state index contributed by atoms with van der Waals surface area (Å²) in [7, 11) is 0. The van der Waals surface area contributed by atoms with Gasteiger partial charge in [0.15, 0.2) is 0 Å². The van der Waals surface area contributed by atoms with E-state index in [2.05, 4.69) is 6.08 Å². The van der Waals surface area contributed by atoms with Crippen LogP contribution in [0.4, 0.5) is 0 Å². The van der Waals surface area contributed by atoms with Gasteiger partial charge in [-0.1, -0.05) is 50.0 Å². The van der Waals surface area contributed by atoms with Crippen LogP contribution in [0.5, 0.6) is 0 Å². The zero-order valence-corrected chi connectivity index (χ0v) is 15.8. The number of rotatable bonds is 9. The van der Waals surface area contributed by atoms with E-state index in [0.717, 1.165) is 32.1 Å². The summed E-state index contributed by atoms with van der Waals surface area (Å²) in [6.07, 6.45) is 18.7. The quantitative estimate of drug-likeness (QED) is 0.462. The molecule has 0 amide bonds. The molecule has 2 rings (SSSR count). The molecule has 0 aliphatic heterocycles. The van der Waals surface area contributed by atoms with Gasteiger partial charge in [-0.25, -0.2) is 0 Å². The maximum absolute atomic E-state index is 12.2. The molecule has 3 atom stereocenters. The van der Waals surface area contributed by atoms with Gasteiger partial charge in [-0.3, -0.25) is 9.59 Å². The maximum atomic E-state index is 12.2. The Hall–Kier alpha value is -1.42. The lowest BCUT2D eigenvalue weighted by Gasteiger charge is -2.19. The zero-order valence-electron chi connectivity index (χ0n) is 15.8. The predicted octanol–water partition coefficient (Wildman–Crippen LogP) is 4.67. The van der Waals surface area contributed by atoms with Crippen molar-refractivity contribution in [3.8, 4) is 0 Å². The second-order valence-corrected chi connectivity index (χ2v) is 7.88. The SMILES string of the molecule is O=C(O)CCC=CCC[C@@H]1C(=O)CC[C@@H]1/C=C/C(O)C1CCCCCC1. The number of allylic oxidation sites excluding steroid dienone is 3. The third kappa shape index (κ3) is 7.06. The van der Waals surface area contributed by atoms with Crippen molar-refractivity contribution in [1.29, 1.82) is 0 Å². The Morgan fingerprint density at radius 2 is 1.77 bits per heavy atom. The van der Waals surface area contributed by atoms with Crippen LogP contribution in [0.1, 0.15) is 77.0 Å². The van der Waals surface area contributed by atoms with Gasteiger partial charge in [-0.2, -0.15) is 0 Å². The molecule has 0 spiro atoms. The molecule has 0 aromatic rings. The van der Waals surface area contributed by atoms with E-state index in [4.69, 9.17) is 5.11 Å². The molecule has 0 radical (unpaired) electrons. The molecule has 2 aliphatic rings. The van der Waals surface area contributed by atoms with E-state index in [1.807, 2.05) is 18.2 Å². The third-order valence-electron chi connectivity index (χ3n) is 5.93. The van der Waals surface area contributed by atoms with Crippen LogP contribution in [-0.2, 0) is 9.59 Å². The molecule has 146 valence electrons. The number of carbonyl (C=O) groups excluding carboxylic acids is 1. The van der Waals surface area contributed by atoms with Gasteiger partial charge in [0.05, 0.1) is 6.10 Å². The lowest BCUT2D eigenvalue weighted by molar-refractivity contribution is -0.136. The summed E-state index contributed by atoms with van der Waals surface area (Å²) in [6, 6.07) is 0. The first kappa shape index (κ1) is 20.9. The van der Waals surface area contributed by atoms with Gasteiger partial charge in [0.1, 0.15) is 5.78 Å². The number of aliphatic carboxylic acids is 1. The maximum Gasteiger partial charge on any atom is 0.303 e. The summed E-state index contributed by atoms with van der Waals surface area (Å²) >= 11 is 0. The molecule has 0 aromatic heterocycles. The minimum Gasteiger partial charge on any atom is -0.481 e. The van der Waals surface area contributed by atoms with Crippen molar-refractivity contribution >= 4 is 11.8 Å². The molecule has 1 unspecified atom stereocenters. The molecule has 0 bridgehead atoms. The highest BCUT2D eigenvalue weighted by atomic mass is 16.4. The highest BCUT2D eigenvalue weighted by Crippen LogP contribution is 2.34. The minimum atomic E-state index is -0.780. The Morgan fingerprint density at radius 3 is 2.46 bits per heavy atom. The Morgan fingerprint density at radius 1 is 1.08 bits per heavy atom. The fraction of sp³-hybridized carbons (Fsp3) is 0.727. The summed E-state index contributed by atoms with van der Waals surface area (Å²) in [5.41, 5.74) is 0. The number of ketones is 1. The van der Waals surface area contributed by atoms with Crippen LogP contribution in [0.3, 0.4) is 0 Å². The largest absolute Gasteiger partial charge is 0.481 e. The number of hydrogen-bond donors (Lipinski definition) is 2. The molecule has 4 nitrogen and oxygen atoms in total. The van der Waals surface area contributed by atoms with Crippen LogP contribution in [0.2, 0.25) is 0 Å². The van der Waals surface area contributed by atoms with Crippen LogP contribution in [-0.4, -0.2) is 28.1 Å². The van der Waals surface area contributed by atoms with Crippen molar-refractivity contribution in [3.63, 3.8) is 0 Å². The van der Waals surface area contributed by atoms with Crippen molar-refractivity contribution in [3.05, 3.63) is 24.3 Å². The number of hydrogen-bond acceptors (Lipinski definition) is 3. The number of aliphatic hydroxyl groups excluding tert-OH is 1. The molecule has 4 heteroatoms. The fourth-order valence-corrected chi connectivity index (χ4v) is 4.32. The number of carboxylic acid groups (broad SMARTS) is 1. The van der Waals surface area contributed by atoms with Crippen LogP contribution in [0, 0.1) is 17.8 Å². The summed E-state index contributed by atoms with van der Waals surface area (Å²) in [6.45, 7) is 0. The summed E-state index contributed by atoms with van der Waals surface area (Å²) in [5.74, 6) is 0.231. The van der Waals surface area contributed by atoms with E-state index in [9.17, 15) is 14.7 Å². The Kier molecular flexibility index (Phi) is 9.10. The Bertz CT molecular complexity index is 500. The highest BCUT2D eigenvalue weighted by molar-refractivity contribution is 5.83. The average molecular weight is 363 g/mol. The van der Waals surface area contributed by atoms with Gasteiger partial charge in [0, 0.05) is 18.8 Å². The van der Waals surface area contributed by atoms with E-state index in [1.165, 1.54) is 25.7 Å². The van der Waals surface area contributed by atoms with Gasteiger partial charge < -0.3 is 10.2 Å². The van der Waals surface area contributed by atoms with E-state index < -0.39 is 5.97 Å². The molecule has 0 heterocycles. The van der Waals surface area contributed by atoms with E-state index in [-0.39, 0.29) is 24.4 Å². The molecule has 2 fully saturated rings. The number of aliphatic hydroxyl groups is 1. The van der Waals surface area contributed by atoms with Gasteiger partial charge in [-0.05, 0) is 50.4 Å². The van der Waals surface area contributed by atoms with Crippen molar-refractivity contribution in [2.45, 2.75) is 83.2 Å². The zero-order chi connectivity index (χ0) is 18.8. The predicted molar refractivity (Wildman–Crippen MR) is 103 cm³/mol. The lowest BCUT2D eigenvalue weighted by Crippen LogP contribution is -2.18. The molecular formula is C22H34O4. The van der Waals surface area contributed by atoms with Crippen LogP contribution in [0.15, 0.2) is 24.3 Å². The van der Waals surface area contributed by atoms with E-state index >= 15 is 0 Å². The second kappa shape index (κ2) is 11.3.